The first-order valence-corrected chi connectivity index (χ1v) is 9.17. The van der Waals surface area contributed by atoms with Gasteiger partial charge < -0.3 is 10.6 Å². The number of nitrogens with zero attached hydrogens (tertiary/aromatic N) is 2. The molecule has 26 heavy (non-hydrogen) atoms. The molecule has 0 spiro atoms. The number of benzene rings is 1. The van der Waals surface area contributed by atoms with Gasteiger partial charge in [0.05, 0.1) is 0 Å². The van der Waals surface area contributed by atoms with Crippen LogP contribution >= 0.6 is 0 Å². The molecule has 1 heterocycles. The molecule has 0 aliphatic heterocycles. The molecule has 2 rings (SSSR count). The van der Waals surface area contributed by atoms with Gasteiger partial charge in [-0.25, -0.2) is 9.97 Å². The highest BCUT2D eigenvalue weighted by Crippen LogP contribution is 2.29. The summed E-state index contributed by atoms with van der Waals surface area (Å²) < 4.78 is 0. The second kappa shape index (κ2) is 8.30. The van der Waals surface area contributed by atoms with Gasteiger partial charge in [0, 0.05) is 18.3 Å². The number of amides is 1. The second-order valence-corrected chi connectivity index (χ2v) is 8.04. The van der Waals surface area contributed by atoms with E-state index in [1.807, 2.05) is 24.3 Å². The smallest absolute Gasteiger partial charge is 0.274 e. The monoisotopic (exact) mass is 354 g/mol. The first-order valence-electron chi connectivity index (χ1n) is 9.17. The van der Waals surface area contributed by atoms with Crippen LogP contribution in [0.15, 0.2) is 30.3 Å². The summed E-state index contributed by atoms with van der Waals surface area (Å²) in [5.74, 6) is 1.66. The fourth-order valence-electron chi connectivity index (χ4n) is 2.70. The first-order chi connectivity index (χ1) is 12.2. The van der Waals surface area contributed by atoms with Crippen molar-refractivity contribution in [2.45, 2.75) is 53.4 Å². The van der Waals surface area contributed by atoms with Gasteiger partial charge in [-0.1, -0.05) is 52.8 Å². The third-order valence-electron chi connectivity index (χ3n) is 4.08. The molecule has 1 amide bonds. The summed E-state index contributed by atoms with van der Waals surface area (Å²) >= 11 is 0. The summed E-state index contributed by atoms with van der Waals surface area (Å²) in [6, 6.07) is 9.59. The lowest BCUT2D eigenvalue weighted by molar-refractivity contribution is 0.102. The topological polar surface area (TPSA) is 66.9 Å². The normalized spacial score (nSPS) is 11.5. The van der Waals surface area contributed by atoms with E-state index in [4.69, 9.17) is 0 Å². The van der Waals surface area contributed by atoms with E-state index in [0.717, 1.165) is 24.2 Å². The van der Waals surface area contributed by atoms with Crippen molar-refractivity contribution in [2.24, 2.45) is 5.92 Å². The van der Waals surface area contributed by atoms with Crippen LogP contribution in [0.3, 0.4) is 0 Å². The molecule has 0 bridgehead atoms. The minimum atomic E-state index is -0.223. The largest absolute Gasteiger partial charge is 0.370 e. The fraction of sp³-hybridized carbons (Fsp3) is 0.476. The standard InChI is InChI=1S/C21H30N4O/c1-14(2)11-12-22-19-13-18(23-15(3)24-19)20(26)25-17-10-8-7-9-16(17)21(4,5)6/h7-10,13-14H,11-12H2,1-6H3,(H,25,26)(H,22,23,24). The number of aryl methyl sites for hydroxylation is 1. The second-order valence-electron chi connectivity index (χ2n) is 8.04. The molecule has 0 saturated carbocycles. The average Bonchev–Trinajstić information content (AvgIpc) is 2.53. The molecule has 0 aliphatic rings. The maximum Gasteiger partial charge on any atom is 0.274 e. The molecule has 0 aliphatic carbocycles. The SMILES string of the molecule is Cc1nc(NCCC(C)C)cc(C(=O)Nc2ccccc2C(C)(C)C)n1. The summed E-state index contributed by atoms with van der Waals surface area (Å²) in [4.78, 5) is 21.4. The highest BCUT2D eigenvalue weighted by molar-refractivity contribution is 6.03. The first kappa shape index (κ1) is 19.9. The Morgan fingerprint density at radius 1 is 1.15 bits per heavy atom. The Hall–Kier alpha value is -2.43. The molecule has 1 aromatic heterocycles. The van der Waals surface area contributed by atoms with Crippen molar-refractivity contribution in [2.75, 3.05) is 17.2 Å². The van der Waals surface area contributed by atoms with Gasteiger partial charge >= 0.3 is 0 Å². The highest BCUT2D eigenvalue weighted by atomic mass is 16.1. The van der Waals surface area contributed by atoms with E-state index in [9.17, 15) is 4.79 Å². The van der Waals surface area contributed by atoms with Crippen LogP contribution in [-0.2, 0) is 5.41 Å². The lowest BCUT2D eigenvalue weighted by atomic mass is 9.86. The Bertz CT molecular complexity index is 763. The molecule has 0 saturated heterocycles. The van der Waals surface area contributed by atoms with E-state index >= 15 is 0 Å². The van der Waals surface area contributed by atoms with Gasteiger partial charge in [-0.2, -0.15) is 0 Å². The third kappa shape index (κ3) is 5.55. The van der Waals surface area contributed by atoms with Gasteiger partial charge in [-0.05, 0) is 36.3 Å². The van der Waals surface area contributed by atoms with Crippen LogP contribution in [0.5, 0.6) is 0 Å². The van der Waals surface area contributed by atoms with Crippen LogP contribution in [0, 0.1) is 12.8 Å². The molecule has 0 fully saturated rings. The lowest BCUT2D eigenvalue weighted by Crippen LogP contribution is -2.20. The molecular weight excluding hydrogens is 324 g/mol. The van der Waals surface area contributed by atoms with Crippen LogP contribution in [0.2, 0.25) is 0 Å². The molecule has 0 unspecified atom stereocenters. The molecule has 1 aromatic carbocycles. The lowest BCUT2D eigenvalue weighted by Gasteiger charge is -2.23. The maximum atomic E-state index is 12.8. The van der Waals surface area contributed by atoms with Crippen molar-refractivity contribution < 1.29 is 4.79 Å². The van der Waals surface area contributed by atoms with Crippen LogP contribution in [-0.4, -0.2) is 22.4 Å². The Kier molecular flexibility index (Phi) is 6.35. The number of rotatable bonds is 6. The van der Waals surface area contributed by atoms with Gasteiger partial charge in [0.15, 0.2) is 0 Å². The molecule has 0 radical (unpaired) electrons. The summed E-state index contributed by atoms with van der Waals surface area (Å²) in [5, 5.41) is 6.29. The van der Waals surface area contributed by atoms with Crippen molar-refractivity contribution >= 4 is 17.4 Å². The van der Waals surface area contributed by atoms with Gasteiger partial charge in [-0.15, -0.1) is 0 Å². The Morgan fingerprint density at radius 3 is 2.50 bits per heavy atom. The maximum absolute atomic E-state index is 12.8. The number of carbonyl (C=O) groups excluding carboxylic acids is 1. The van der Waals surface area contributed by atoms with Crippen molar-refractivity contribution in [1.82, 2.24) is 9.97 Å². The zero-order chi connectivity index (χ0) is 19.3. The van der Waals surface area contributed by atoms with Crippen molar-refractivity contribution in [1.29, 1.82) is 0 Å². The summed E-state index contributed by atoms with van der Waals surface area (Å²) in [5.41, 5.74) is 2.22. The number of hydrogen-bond acceptors (Lipinski definition) is 4. The highest BCUT2D eigenvalue weighted by Gasteiger charge is 2.19. The minimum Gasteiger partial charge on any atom is -0.370 e. The Morgan fingerprint density at radius 2 is 1.85 bits per heavy atom. The molecule has 5 nitrogen and oxygen atoms in total. The van der Waals surface area contributed by atoms with E-state index in [1.165, 1.54) is 0 Å². The molecular formula is C21H30N4O. The summed E-state index contributed by atoms with van der Waals surface area (Å²) in [6.07, 6.45) is 1.05. The Balaban J connectivity index is 2.19. The van der Waals surface area contributed by atoms with Crippen LogP contribution in [0.25, 0.3) is 0 Å². The quantitative estimate of drug-likeness (QED) is 0.782. The molecule has 140 valence electrons. The number of para-hydroxylation sites is 1. The average molecular weight is 354 g/mol. The zero-order valence-corrected chi connectivity index (χ0v) is 16.7. The minimum absolute atomic E-state index is 0.0605. The van der Waals surface area contributed by atoms with Gasteiger partial charge in [0.25, 0.3) is 5.91 Å². The van der Waals surface area contributed by atoms with Crippen LogP contribution < -0.4 is 10.6 Å². The summed E-state index contributed by atoms with van der Waals surface area (Å²) in [7, 11) is 0. The number of nitrogens with one attached hydrogen (secondary N) is 2. The van der Waals surface area contributed by atoms with Crippen LogP contribution in [0.4, 0.5) is 11.5 Å². The van der Waals surface area contributed by atoms with E-state index < -0.39 is 0 Å². The summed E-state index contributed by atoms with van der Waals surface area (Å²) in [6.45, 7) is 13.4. The number of aromatic nitrogens is 2. The van der Waals surface area contributed by atoms with Crippen molar-refractivity contribution in [3.8, 4) is 0 Å². The molecule has 2 aromatic rings. The Labute approximate surface area is 156 Å². The van der Waals surface area contributed by atoms with Crippen molar-refractivity contribution in [3.05, 3.63) is 47.4 Å². The predicted octanol–water partition coefficient (Wildman–Crippen LogP) is 4.79. The predicted molar refractivity (Wildman–Crippen MR) is 108 cm³/mol. The van der Waals surface area contributed by atoms with Gasteiger partial charge in [-0.3, -0.25) is 4.79 Å². The third-order valence-corrected chi connectivity index (χ3v) is 4.08. The number of anilines is 2. The van der Waals surface area contributed by atoms with E-state index in [0.29, 0.717) is 23.3 Å². The fourth-order valence-corrected chi connectivity index (χ4v) is 2.70. The van der Waals surface area contributed by atoms with E-state index in [1.54, 1.807) is 13.0 Å². The van der Waals surface area contributed by atoms with Gasteiger partial charge in [0.1, 0.15) is 17.3 Å². The van der Waals surface area contributed by atoms with Crippen LogP contribution in [0.1, 0.15) is 62.9 Å². The van der Waals surface area contributed by atoms with Crippen molar-refractivity contribution in [3.63, 3.8) is 0 Å². The number of carbonyl (C=O) groups is 1. The molecule has 0 atom stereocenters. The van der Waals surface area contributed by atoms with E-state index in [-0.39, 0.29) is 11.3 Å². The van der Waals surface area contributed by atoms with Gasteiger partial charge in [0.2, 0.25) is 0 Å². The number of hydrogen-bond donors (Lipinski definition) is 2. The molecule has 5 heteroatoms. The zero-order valence-electron chi connectivity index (χ0n) is 16.7. The van der Waals surface area contributed by atoms with E-state index in [2.05, 4.69) is 55.2 Å². The molecule has 2 N–H and O–H groups in total.